The molecule has 8 heteroatoms. The number of ether oxygens (including phenoxy) is 3. The van der Waals surface area contributed by atoms with Gasteiger partial charge in [-0.05, 0) is 25.5 Å². The van der Waals surface area contributed by atoms with E-state index in [1.54, 1.807) is 13.8 Å². The summed E-state index contributed by atoms with van der Waals surface area (Å²) in [4.78, 5) is 30.6. The van der Waals surface area contributed by atoms with Crippen molar-refractivity contribution in [2.24, 2.45) is 0 Å². The van der Waals surface area contributed by atoms with E-state index in [1.165, 1.54) is 37.7 Å². The number of esters is 2. The SMILES string of the molecule is CCOC(=O)/C=C/c1cncc(Oc2cc(C(=O)OC)cc(F)n2)c1C. The molecule has 0 aliphatic carbocycles. The minimum atomic E-state index is -0.883. The summed E-state index contributed by atoms with van der Waals surface area (Å²) in [5.41, 5.74) is 1.23. The summed E-state index contributed by atoms with van der Waals surface area (Å²) in [6.07, 6.45) is 5.76. The fourth-order valence-electron chi connectivity index (χ4n) is 2.01. The van der Waals surface area contributed by atoms with Gasteiger partial charge in [0.1, 0.15) is 0 Å². The van der Waals surface area contributed by atoms with E-state index >= 15 is 0 Å². The first-order valence-electron chi connectivity index (χ1n) is 7.67. The lowest BCUT2D eigenvalue weighted by Crippen LogP contribution is -2.04. The number of pyridine rings is 2. The van der Waals surface area contributed by atoms with Gasteiger partial charge < -0.3 is 14.2 Å². The van der Waals surface area contributed by atoms with E-state index in [1.807, 2.05) is 0 Å². The lowest BCUT2D eigenvalue weighted by molar-refractivity contribution is -0.137. The van der Waals surface area contributed by atoms with Crippen LogP contribution in [0.4, 0.5) is 4.39 Å². The molecule has 0 spiro atoms. The zero-order valence-corrected chi connectivity index (χ0v) is 14.5. The summed E-state index contributed by atoms with van der Waals surface area (Å²) < 4.78 is 28.5. The predicted molar refractivity (Wildman–Crippen MR) is 90.2 cm³/mol. The highest BCUT2D eigenvalue weighted by atomic mass is 19.1. The largest absolute Gasteiger partial charge is 0.465 e. The monoisotopic (exact) mass is 360 g/mol. The van der Waals surface area contributed by atoms with Crippen LogP contribution in [0.5, 0.6) is 11.6 Å². The van der Waals surface area contributed by atoms with Crippen LogP contribution in [-0.4, -0.2) is 35.6 Å². The van der Waals surface area contributed by atoms with Crippen molar-refractivity contribution in [1.29, 1.82) is 0 Å². The Morgan fingerprint density at radius 3 is 2.73 bits per heavy atom. The first-order chi connectivity index (χ1) is 12.4. The van der Waals surface area contributed by atoms with Gasteiger partial charge in [-0.1, -0.05) is 0 Å². The van der Waals surface area contributed by atoms with E-state index in [0.717, 1.165) is 6.07 Å². The highest BCUT2D eigenvalue weighted by Gasteiger charge is 2.13. The van der Waals surface area contributed by atoms with Crippen molar-refractivity contribution in [1.82, 2.24) is 9.97 Å². The summed E-state index contributed by atoms with van der Waals surface area (Å²) in [5, 5.41) is 0. The molecule has 0 aliphatic heterocycles. The average molecular weight is 360 g/mol. The van der Waals surface area contributed by atoms with Crippen LogP contribution >= 0.6 is 0 Å². The van der Waals surface area contributed by atoms with E-state index < -0.39 is 17.9 Å². The third kappa shape index (κ3) is 4.85. The van der Waals surface area contributed by atoms with Gasteiger partial charge in [0.05, 0.1) is 25.5 Å². The van der Waals surface area contributed by atoms with Crippen LogP contribution in [0.3, 0.4) is 0 Å². The Hall–Kier alpha value is -3.29. The molecule has 0 saturated carbocycles. The summed E-state index contributed by atoms with van der Waals surface area (Å²) in [5.74, 6) is -1.90. The highest BCUT2D eigenvalue weighted by Crippen LogP contribution is 2.26. The quantitative estimate of drug-likeness (QED) is 0.444. The Labute approximate surface area is 149 Å². The number of methoxy groups -OCH3 is 1. The van der Waals surface area contributed by atoms with Gasteiger partial charge in [0.15, 0.2) is 5.75 Å². The number of halogens is 1. The summed E-state index contributed by atoms with van der Waals surface area (Å²) >= 11 is 0. The average Bonchev–Trinajstić information content (AvgIpc) is 2.61. The minimum absolute atomic E-state index is 0.0287. The van der Waals surface area contributed by atoms with Crippen LogP contribution in [0.1, 0.15) is 28.4 Å². The number of nitrogens with zero attached hydrogens (tertiary/aromatic N) is 2. The third-order valence-corrected chi connectivity index (χ3v) is 3.30. The molecule has 26 heavy (non-hydrogen) atoms. The summed E-state index contributed by atoms with van der Waals surface area (Å²) in [6, 6.07) is 2.21. The first kappa shape index (κ1) is 19.0. The zero-order valence-electron chi connectivity index (χ0n) is 14.5. The number of hydrogen-bond donors (Lipinski definition) is 0. The molecule has 0 N–H and O–H groups in total. The van der Waals surface area contributed by atoms with Crippen LogP contribution < -0.4 is 4.74 Å². The molecule has 136 valence electrons. The van der Waals surface area contributed by atoms with Crippen LogP contribution in [0.15, 0.2) is 30.6 Å². The fraction of sp³-hybridized carbons (Fsp3) is 0.222. The van der Waals surface area contributed by atoms with Gasteiger partial charge >= 0.3 is 11.9 Å². The Kier molecular flexibility index (Phi) is 6.37. The van der Waals surface area contributed by atoms with Crippen LogP contribution in [0, 0.1) is 12.9 Å². The molecule has 2 rings (SSSR count). The molecule has 7 nitrogen and oxygen atoms in total. The van der Waals surface area contributed by atoms with Crippen molar-refractivity contribution in [3.63, 3.8) is 0 Å². The van der Waals surface area contributed by atoms with Crippen molar-refractivity contribution < 1.29 is 28.2 Å². The van der Waals surface area contributed by atoms with Crippen LogP contribution in [0.2, 0.25) is 0 Å². The molecule has 0 radical (unpaired) electrons. The number of carbonyl (C=O) groups excluding carboxylic acids is 2. The lowest BCUT2D eigenvalue weighted by Gasteiger charge is -2.10. The third-order valence-electron chi connectivity index (χ3n) is 3.30. The molecule has 0 unspecified atom stereocenters. The first-order valence-corrected chi connectivity index (χ1v) is 7.67. The van der Waals surface area contributed by atoms with Crippen molar-refractivity contribution in [3.05, 3.63) is 53.2 Å². The minimum Gasteiger partial charge on any atom is -0.465 e. The molecule has 0 bridgehead atoms. The maximum absolute atomic E-state index is 13.6. The van der Waals surface area contributed by atoms with E-state index in [4.69, 9.17) is 9.47 Å². The molecule has 0 aromatic carbocycles. The van der Waals surface area contributed by atoms with E-state index in [0.29, 0.717) is 16.9 Å². The second-order valence-corrected chi connectivity index (χ2v) is 5.05. The fourth-order valence-corrected chi connectivity index (χ4v) is 2.01. The van der Waals surface area contributed by atoms with Crippen LogP contribution in [-0.2, 0) is 14.3 Å². The molecule has 2 aromatic heterocycles. The van der Waals surface area contributed by atoms with Crippen molar-refractivity contribution in [2.75, 3.05) is 13.7 Å². The van der Waals surface area contributed by atoms with Crippen LogP contribution in [0.25, 0.3) is 6.08 Å². The Balaban J connectivity index is 2.28. The van der Waals surface area contributed by atoms with Gasteiger partial charge in [0.25, 0.3) is 0 Å². The lowest BCUT2D eigenvalue weighted by atomic mass is 10.1. The molecule has 2 aromatic rings. The van der Waals surface area contributed by atoms with Gasteiger partial charge in [-0.3, -0.25) is 4.98 Å². The zero-order chi connectivity index (χ0) is 19.1. The molecule has 0 atom stereocenters. The molecule has 0 fully saturated rings. The molecule has 2 heterocycles. The van der Waals surface area contributed by atoms with Crippen molar-refractivity contribution >= 4 is 18.0 Å². The molecule has 0 saturated heterocycles. The predicted octanol–water partition coefficient (Wildman–Crippen LogP) is 3.08. The number of aromatic nitrogens is 2. The highest BCUT2D eigenvalue weighted by molar-refractivity contribution is 5.89. The Morgan fingerprint density at radius 1 is 1.27 bits per heavy atom. The van der Waals surface area contributed by atoms with Gasteiger partial charge in [-0.25, -0.2) is 9.59 Å². The second-order valence-electron chi connectivity index (χ2n) is 5.05. The maximum atomic E-state index is 13.6. The normalized spacial score (nSPS) is 10.6. The number of hydrogen-bond acceptors (Lipinski definition) is 7. The molecular weight excluding hydrogens is 343 g/mol. The standard InChI is InChI=1S/C18H17FN2O5/c1-4-25-17(22)6-5-12-9-20-10-14(11(12)2)26-16-8-13(18(23)24-3)7-15(19)21-16/h5-10H,4H2,1-3H3/b6-5+. The van der Waals surface area contributed by atoms with E-state index in [2.05, 4.69) is 14.7 Å². The second kappa shape index (κ2) is 8.70. The Morgan fingerprint density at radius 2 is 2.04 bits per heavy atom. The summed E-state index contributed by atoms with van der Waals surface area (Å²) in [7, 11) is 1.19. The van der Waals surface area contributed by atoms with Gasteiger partial charge in [0.2, 0.25) is 11.8 Å². The van der Waals surface area contributed by atoms with Gasteiger partial charge in [0, 0.05) is 30.0 Å². The molecule has 0 amide bonds. The maximum Gasteiger partial charge on any atom is 0.338 e. The van der Waals surface area contributed by atoms with E-state index in [-0.39, 0.29) is 18.1 Å². The molecule has 0 aliphatic rings. The van der Waals surface area contributed by atoms with Gasteiger partial charge in [-0.15, -0.1) is 0 Å². The molecular formula is C18H17FN2O5. The smallest absolute Gasteiger partial charge is 0.338 e. The Bertz CT molecular complexity index is 851. The van der Waals surface area contributed by atoms with E-state index in [9.17, 15) is 14.0 Å². The van der Waals surface area contributed by atoms with Gasteiger partial charge in [-0.2, -0.15) is 9.37 Å². The number of rotatable bonds is 6. The van der Waals surface area contributed by atoms with Crippen molar-refractivity contribution in [2.45, 2.75) is 13.8 Å². The van der Waals surface area contributed by atoms with Crippen molar-refractivity contribution in [3.8, 4) is 11.6 Å². The summed E-state index contributed by atoms with van der Waals surface area (Å²) in [6.45, 7) is 3.72. The topological polar surface area (TPSA) is 87.6 Å². The number of carbonyl (C=O) groups is 2.